The molecule has 1 heteroatoms. The molecule has 120 valence electrons. The van der Waals surface area contributed by atoms with E-state index in [9.17, 15) is 0 Å². The minimum absolute atomic E-state index is 0.143. The number of ether oxygens (including phenoxy) is 1. The van der Waals surface area contributed by atoms with Crippen LogP contribution >= 0.6 is 0 Å². The molecule has 1 atom stereocenters. The molecule has 1 unspecified atom stereocenters. The quantitative estimate of drug-likeness (QED) is 0.623. The lowest BCUT2D eigenvalue weighted by atomic mass is 9.69. The fraction of sp³-hybridized carbons (Fsp3) is 0.700. The molecule has 0 amide bonds. The molecule has 0 aromatic heterocycles. The van der Waals surface area contributed by atoms with Crippen molar-refractivity contribution >= 4 is 0 Å². The zero-order valence-corrected chi connectivity index (χ0v) is 15.5. The van der Waals surface area contributed by atoms with Crippen LogP contribution in [0.5, 0.6) is 5.75 Å². The lowest BCUT2D eigenvalue weighted by Gasteiger charge is -2.36. The molecule has 0 aliphatic rings. The summed E-state index contributed by atoms with van der Waals surface area (Å²) in [6, 6.07) is 8.70. The first-order chi connectivity index (χ1) is 9.28. The van der Waals surface area contributed by atoms with Gasteiger partial charge in [0.1, 0.15) is 11.4 Å². The number of hydrogen-bond acceptors (Lipinski definition) is 1. The van der Waals surface area contributed by atoms with Crippen molar-refractivity contribution in [1.82, 2.24) is 0 Å². The van der Waals surface area contributed by atoms with E-state index in [4.69, 9.17) is 4.74 Å². The second-order valence-electron chi connectivity index (χ2n) is 9.47. The van der Waals surface area contributed by atoms with Crippen molar-refractivity contribution in [2.24, 2.45) is 10.8 Å². The van der Waals surface area contributed by atoms with E-state index in [-0.39, 0.29) is 11.0 Å². The molecule has 1 rings (SSSR count). The van der Waals surface area contributed by atoms with E-state index in [1.165, 1.54) is 12.0 Å². The maximum Gasteiger partial charge on any atom is 0.120 e. The molecule has 0 spiro atoms. The molecule has 0 heterocycles. The smallest absolute Gasteiger partial charge is 0.120 e. The van der Waals surface area contributed by atoms with Gasteiger partial charge in [-0.05, 0) is 61.6 Å². The molecule has 0 aliphatic carbocycles. The summed E-state index contributed by atoms with van der Waals surface area (Å²) in [6.45, 7) is 20.2. The monoisotopic (exact) mass is 290 g/mol. The first-order valence-electron chi connectivity index (χ1n) is 8.07. The average molecular weight is 290 g/mol. The summed E-state index contributed by atoms with van der Waals surface area (Å²) in [4.78, 5) is 0. The highest BCUT2D eigenvalue weighted by Crippen LogP contribution is 2.43. The Kier molecular flexibility index (Phi) is 5.18. The molecule has 0 bridgehead atoms. The van der Waals surface area contributed by atoms with Crippen LogP contribution in [0.25, 0.3) is 0 Å². The number of benzene rings is 1. The Morgan fingerprint density at radius 2 is 1.29 bits per heavy atom. The first kappa shape index (κ1) is 18.1. The van der Waals surface area contributed by atoms with Gasteiger partial charge in [-0.2, -0.15) is 0 Å². The molecule has 0 aliphatic heterocycles. The highest BCUT2D eigenvalue weighted by atomic mass is 16.5. The zero-order chi connectivity index (χ0) is 16.5. The van der Waals surface area contributed by atoms with Gasteiger partial charge in [0.25, 0.3) is 0 Å². The summed E-state index contributed by atoms with van der Waals surface area (Å²) in [5.74, 6) is 1.51. The third-order valence-corrected chi connectivity index (χ3v) is 3.57. The predicted molar refractivity (Wildman–Crippen MR) is 93.1 cm³/mol. The fourth-order valence-corrected chi connectivity index (χ4v) is 2.66. The minimum Gasteiger partial charge on any atom is -0.488 e. The van der Waals surface area contributed by atoms with Crippen LogP contribution in [0, 0.1) is 10.8 Å². The highest BCUT2D eigenvalue weighted by Gasteiger charge is 2.30. The highest BCUT2D eigenvalue weighted by molar-refractivity contribution is 5.31. The topological polar surface area (TPSA) is 9.23 Å². The average Bonchev–Trinajstić information content (AvgIpc) is 2.22. The van der Waals surface area contributed by atoms with Crippen LogP contribution in [-0.4, -0.2) is 5.60 Å². The SMILES string of the molecule is CC(C)(C)CC(c1ccc(OC(C)(C)C)cc1)C(C)(C)C. The molecular formula is C20H34O. The third-order valence-electron chi connectivity index (χ3n) is 3.57. The minimum atomic E-state index is -0.143. The van der Waals surface area contributed by atoms with E-state index >= 15 is 0 Å². The van der Waals surface area contributed by atoms with Gasteiger partial charge in [0.2, 0.25) is 0 Å². The van der Waals surface area contributed by atoms with Crippen molar-refractivity contribution in [1.29, 1.82) is 0 Å². The van der Waals surface area contributed by atoms with E-state index in [1.807, 2.05) is 0 Å². The third kappa shape index (κ3) is 6.54. The van der Waals surface area contributed by atoms with E-state index < -0.39 is 0 Å². The summed E-state index contributed by atoms with van der Waals surface area (Å²) in [5.41, 5.74) is 1.87. The van der Waals surface area contributed by atoms with Crippen LogP contribution in [0.3, 0.4) is 0 Å². The van der Waals surface area contributed by atoms with Gasteiger partial charge >= 0.3 is 0 Å². The van der Waals surface area contributed by atoms with Gasteiger partial charge in [-0.15, -0.1) is 0 Å². The van der Waals surface area contributed by atoms with Crippen LogP contribution in [0.4, 0.5) is 0 Å². The van der Waals surface area contributed by atoms with Crippen LogP contribution in [0.15, 0.2) is 24.3 Å². The summed E-state index contributed by atoms with van der Waals surface area (Å²) < 4.78 is 5.92. The Bertz CT molecular complexity index is 435. The van der Waals surface area contributed by atoms with Crippen LogP contribution in [0.2, 0.25) is 0 Å². The Hall–Kier alpha value is -0.980. The van der Waals surface area contributed by atoms with E-state index in [0.717, 1.165) is 5.75 Å². The number of rotatable bonds is 3. The van der Waals surface area contributed by atoms with Gasteiger partial charge in [0, 0.05) is 0 Å². The first-order valence-corrected chi connectivity index (χ1v) is 8.07. The Morgan fingerprint density at radius 3 is 1.62 bits per heavy atom. The van der Waals surface area contributed by atoms with Gasteiger partial charge in [0.15, 0.2) is 0 Å². The van der Waals surface area contributed by atoms with E-state index in [2.05, 4.69) is 86.6 Å². The van der Waals surface area contributed by atoms with Crippen molar-refractivity contribution in [2.75, 3.05) is 0 Å². The van der Waals surface area contributed by atoms with Crippen molar-refractivity contribution < 1.29 is 4.74 Å². The lowest BCUT2D eigenvalue weighted by Crippen LogP contribution is -2.24. The molecular weight excluding hydrogens is 256 g/mol. The van der Waals surface area contributed by atoms with Crippen molar-refractivity contribution in [3.05, 3.63) is 29.8 Å². The predicted octanol–water partition coefficient (Wildman–Crippen LogP) is 6.43. The van der Waals surface area contributed by atoms with Crippen molar-refractivity contribution in [2.45, 2.75) is 80.3 Å². The Balaban J connectivity index is 3.00. The van der Waals surface area contributed by atoms with Gasteiger partial charge in [-0.3, -0.25) is 0 Å². The van der Waals surface area contributed by atoms with Crippen LogP contribution in [-0.2, 0) is 0 Å². The van der Waals surface area contributed by atoms with Gasteiger partial charge < -0.3 is 4.74 Å². The number of hydrogen-bond donors (Lipinski definition) is 0. The lowest BCUT2D eigenvalue weighted by molar-refractivity contribution is 0.131. The van der Waals surface area contributed by atoms with Crippen molar-refractivity contribution in [3.8, 4) is 5.75 Å². The van der Waals surface area contributed by atoms with Crippen LogP contribution < -0.4 is 4.74 Å². The molecule has 0 radical (unpaired) electrons. The van der Waals surface area contributed by atoms with Crippen molar-refractivity contribution in [3.63, 3.8) is 0 Å². The molecule has 21 heavy (non-hydrogen) atoms. The summed E-state index contributed by atoms with van der Waals surface area (Å²) >= 11 is 0. The summed E-state index contributed by atoms with van der Waals surface area (Å²) in [5, 5.41) is 0. The Morgan fingerprint density at radius 1 is 0.810 bits per heavy atom. The van der Waals surface area contributed by atoms with E-state index in [0.29, 0.717) is 11.3 Å². The molecule has 1 nitrogen and oxygen atoms in total. The van der Waals surface area contributed by atoms with Gasteiger partial charge in [-0.25, -0.2) is 0 Å². The molecule has 0 saturated carbocycles. The maximum atomic E-state index is 5.92. The zero-order valence-electron chi connectivity index (χ0n) is 15.5. The standard InChI is InChI=1S/C20H34O/c1-18(2,3)14-17(19(4,5)6)15-10-12-16(13-11-15)21-20(7,8)9/h10-13,17H,14H2,1-9H3. The molecule has 0 fully saturated rings. The molecule has 1 aromatic rings. The fourth-order valence-electron chi connectivity index (χ4n) is 2.66. The molecule has 0 N–H and O–H groups in total. The summed E-state index contributed by atoms with van der Waals surface area (Å²) in [6.07, 6.45) is 1.19. The normalized spacial score (nSPS) is 14.9. The maximum absolute atomic E-state index is 5.92. The van der Waals surface area contributed by atoms with E-state index in [1.54, 1.807) is 0 Å². The van der Waals surface area contributed by atoms with Crippen LogP contribution in [0.1, 0.15) is 80.2 Å². The Labute approximate surface area is 132 Å². The largest absolute Gasteiger partial charge is 0.488 e. The molecule has 1 aromatic carbocycles. The second kappa shape index (κ2) is 6.02. The molecule has 0 saturated heterocycles. The second-order valence-corrected chi connectivity index (χ2v) is 9.47. The summed E-state index contributed by atoms with van der Waals surface area (Å²) in [7, 11) is 0. The van der Waals surface area contributed by atoms with Gasteiger partial charge in [0.05, 0.1) is 0 Å². The van der Waals surface area contributed by atoms with Gasteiger partial charge in [-0.1, -0.05) is 53.7 Å².